The lowest BCUT2D eigenvalue weighted by Crippen LogP contribution is -2.39. The number of carbonyl (C=O) groups is 1. The fraction of sp³-hybridized carbons (Fsp3) is 0.265. The second-order valence-corrected chi connectivity index (χ2v) is 11.8. The van der Waals surface area contributed by atoms with Crippen molar-refractivity contribution >= 4 is 46.6 Å². The van der Waals surface area contributed by atoms with E-state index in [0.29, 0.717) is 73.3 Å². The Morgan fingerprint density at radius 1 is 0.935 bits per heavy atom. The molecule has 1 aliphatic rings. The number of benzene rings is 3. The van der Waals surface area contributed by atoms with E-state index in [4.69, 9.17) is 46.9 Å². The van der Waals surface area contributed by atoms with E-state index in [9.17, 15) is 9.59 Å². The van der Waals surface area contributed by atoms with Crippen molar-refractivity contribution in [2.45, 2.75) is 33.4 Å². The summed E-state index contributed by atoms with van der Waals surface area (Å²) in [5.74, 6) is 1.27. The molecule has 2 heterocycles. The Balaban J connectivity index is 1.57. The second-order valence-electron chi connectivity index (χ2n) is 9.93. The van der Waals surface area contributed by atoms with E-state index in [1.165, 1.54) is 29.2 Å². The molecule has 0 spiro atoms. The Bertz CT molecular complexity index is 1970. The molecule has 0 saturated heterocycles. The fourth-order valence-electron chi connectivity index (χ4n) is 5.00. The van der Waals surface area contributed by atoms with Crippen LogP contribution in [-0.2, 0) is 16.1 Å². The number of carbonyl (C=O) groups excluding carboxylic acids is 1. The van der Waals surface area contributed by atoms with Crippen LogP contribution in [0.2, 0.25) is 10.0 Å². The summed E-state index contributed by atoms with van der Waals surface area (Å²) in [7, 11) is 1.29. The maximum atomic E-state index is 14.0. The lowest BCUT2D eigenvalue weighted by atomic mass is 9.97. The molecule has 1 aromatic heterocycles. The minimum Gasteiger partial charge on any atom is -0.490 e. The molecule has 0 aliphatic carbocycles. The number of methoxy groups -OCH3 is 1. The molecule has 240 valence electrons. The maximum absolute atomic E-state index is 14.0. The van der Waals surface area contributed by atoms with Gasteiger partial charge in [-0.1, -0.05) is 52.7 Å². The number of thiazole rings is 1. The third kappa shape index (κ3) is 7.09. The summed E-state index contributed by atoms with van der Waals surface area (Å²) in [6.45, 7) is 7.07. The first-order valence-corrected chi connectivity index (χ1v) is 16.2. The summed E-state index contributed by atoms with van der Waals surface area (Å²) in [5.41, 5.74) is 1.99. The largest absolute Gasteiger partial charge is 0.490 e. The molecule has 1 atom stereocenters. The van der Waals surface area contributed by atoms with E-state index in [-0.39, 0.29) is 17.7 Å². The summed E-state index contributed by atoms with van der Waals surface area (Å²) in [6.07, 6.45) is 3.15. The van der Waals surface area contributed by atoms with E-state index >= 15 is 0 Å². The van der Waals surface area contributed by atoms with E-state index < -0.39 is 12.0 Å². The molecule has 3 aromatic carbocycles. The molecule has 0 amide bonds. The van der Waals surface area contributed by atoms with Gasteiger partial charge >= 0.3 is 5.97 Å². The van der Waals surface area contributed by atoms with Gasteiger partial charge in [0.15, 0.2) is 27.8 Å². The molecule has 0 unspecified atom stereocenters. The Hall–Kier alpha value is -4.25. The summed E-state index contributed by atoms with van der Waals surface area (Å²) in [5, 5.41) is 0.919. The highest BCUT2D eigenvalue weighted by atomic mass is 35.5. The molecular formula is C34H32Cl2N2O7S. The van der Waals surface area contributed by atoms with Gasteiger partial charge in [-0.3, -0.25) is 9.36 Å². The standard InChI is InChI=1S/C34H32Cl2N2O7S/c1-5-42-26-12-11-22(17-27(26)43-6-2)30-24(33(40)41-4)18-37-34-38(30)32(39)29(46-34)16-21-14-25(36)31(28(15-21)44-7-3)45-19-20-9-8-10-23(35)13-20/h8-18,30H,5-7,19H2,1-4H3/b29-16+/t30-/m0/s1. The molecule has 5 rings (SSSR count). The number of fused-ring (bicyclic) bond motifs is 1. The van der Waals surface area contributed by atoms with Crippen molar-refractivity contribution in [3.8, 4) is 23.0 Å². The Labute approximate surface area is 279 Å². The number of hydrogen-bond donors (Lipinski definition) is 0. The average Bonchev–Trinajstić information content (AvgIpc) is 3.35. The van der Waals surface area contributed by atoms with Crippen LogP contribution < -0.4 is 33.8 Å². The number of aromatic nitrogens is 1. The van der Waals surface area contributed by atoms with Crippen molar-refractivity contribution in [3.63, 3.8) is 0 Å². The molecular weight excluding hydrogens is 651 g/mol. The zero-order valence-electron chi connectivity index (χ0n) is 25.7. The minimum absolute atomic E-state index is 0.205. The normalized spacial score (nSPS) is 14.2. The number of rotatable bonds is 12. The van der Waals surface area contributed by atoms with Crippen molar-refractivity contribution in [1.29, 1.82) is 0 Å². The Kier molecular flexibility index (Phi) is 10.7. The van der Waals surface area contributed by atoms with Gasteiger partial charge in [-0.15, -0.1) is 0 Å². The van der Waals surface area contributed by atoms with Crippen molar-refractivity contribution in [3.05, 3.63) is 113 Å². The van der Waals surface area contributed by atoms with Gasteiger partial charge in [-0.25, -0.2) is 9.79 Å². The molecule has 12 heteroatoms. The van der Waals surface area contributed by atoms with Crippen LogP contribution in [0.4, 0.5) is 0 Å². The van der Waals surface area contributed by atoms with Crippen LogP contribution >= 0.6 is 34.5 Å². The fourth-order valence-corrected chi connectivity index (χ4v) is 6.45. The van der Waals surface area contributed by atoms with Gasteiger partial charge in [0.1, 0.15) is 6.61 Å². The number of hydrogen-bond acceptors (Lipinski definition) is 9. The van der Waals surface area contributed by atoms with Gasteiger partial charge < -0.3 is 23.7 Å². The van der Waals surface area contributed by atoms with Gasteiger partial charge in [-0.05, 0) is 79.9 Å². The van der Waals surface area contributed by atoms with E-state index in [1.807, 2.05) is 39.0 Å². The monoisotopic (exact) mass is 682 g/mol. The highest BCUT2D eigenvalue weighted by Crippen LogP contribution is 2.38. The highest BCUT2D eigenvalue weighted by Gasteiger charge is 2.31. The van der Waals surface area contributed by atoms with Gasteiger partial charge in [0.2, 0.25) is 0 Å². The van der Waals surface area contributed by atoms with Crippen molar-refractivity contribution in [2.24, 2.45) is 4.99 Å². The van der Waals surface area contributed by atoms with Crippen LogP contribution in [0.15, 0.2) is 76.2 Å². The van der Waals surface area contributed by atoms with Crippen molar-refractivity contribution in [1.82, 2.24) is 4.57 Å². The maximum Gasteiger partial charge on any atom is 0.337 e. The first kappa shape index (κ1) is 33.1. The molecule has 0 saturated carbocycles. The molecule has 0 bridgehead atoms. The minimum atomic E-state index is -0.814. The molecule has 46 heavy (non-hydrogen) atoms. The molecule has 4 aromatic rings. The molecule has 0 N–H and O–H groups in total. The third-order valence-electron chi connectivity index (χ3n) is 6.91. The van der Waals surface area contributed by atoms with Crippen LogP contribution in [0.5, 0.6) is 23.0 Å². The molecule has 1 aliphatic heterocycles. The van der Waals surface area contributed by atoms with E-state index in [0.717, 1.165) is 5.56 Å². The van der Waals surface area contributed by atoms with Gasteiger partial charge in [-0.2, -0.15) is 0 Å². The van der Waals surface area contributed by atoms with Gasteiger partial charge in [0.05, 0.1) is 48.1 Å². The van der Waals surface area contributed by atoms with E-state index in [2.05, 4.69) is 4.99 Å². The van der Waals surface area contributed by atoms with Crippen molar-refractivity contribution < 1.29 is 28.5 Å². The quantitative estimate of drug-likeness (QED) is 0.167. The lowest BCUT2D eigenvalue weighted by Gasteiger charge is -2.23. The summed E-state index contributed by atoms with van der Waals surface area (Å²) in [6, 6.07) is 15.3. The summed E-state index contributed by atoms with van der Waals surface area (Å²) < 4.78 is 30.4. The van der Waals surface area contributed by atoms with E-state index in [1.54, 1.807) is 42.5 Å². The zero-order chi connectivity index (χ0) is 32.8. The predicted octanol–water partition coefficient (Wildman–Crippen LogP) is 6.10. The molecule has 0 fully saturated rings. The number of nitrogens with zero attached hydrogens (tertiary/aromatic N) is 2. The first-order chi connectivity index (χ1) is 22.3. The summed E-state index contributed by atoms with van der Waals surface area (Å²) >= 11 is 14.0. The third-order valence-corrected chi connectivity index (χ3v) is 8.42. The topological polar surface area (TPSA) is 97.6 Å². The first-order valence-electron chi connectivity index (χ1n) is 14.6. The lowest BCUT2D eigenvalue weighted by molar-refractivity contribution is -0.136. The highest BCUT2D eigenvalue weighted by molar-refractivity contribution is 7.07. The predicted molar refractivity (Wildman–Crippen MR) is 178 cm³/mol. The van der Waals surface area contributed by atoms with Crippen molar-refractivity contribution in [2.75, 3.05) is 26.9 Å². The van der Waals surface area contributed by atoms with Crippen LogP contribution in [0, 0.1) is 0 Å². The number of ether oxygens (including phenoxy) is 5. The SMILES string of the molecule is CCOc1ccc([C@H]2C(C(=O)OC)=CN=c3s/c(=C/c4cc(Cl)c(OCc5cccc(Cl)c5)c(OCC)c4)c(=O)n32)cc1OCC. The molecule has 0 radical (unpaired) electrons. The van der Waals surface area contributed by atoms with Crippen LogP contribution in [-0.4, -0.2) is 37.5 Å². The second kappa shape index (κ2) is 14.9. The van der Waals surface area contributed by atoms with Crippen LogP contribution in [0.1, 0.15) is 43.5 Å². The zero-order valence-corrected chi connectivity index (χ0v) is 28.0. The summed E-state index contributed by atoms with van der Waals surface area (Å²) in [4.78, 5) is 31.8. The average molecular weight is 684 g/mol. The number of esters is 1. The number of halogens is 2. The smallest absolute Gasteiger partial charge is 0.337 e. The molecule has 9 nitrogen and oxygen atoms in total. The Morgan fingerprint density at radius 2 is 1.67 bits per heavy atom. The Morgan fingerprint density at radius 3 is 2.39 bits per heavy atom. The van der Waals surface area contributed by atoms with Crippen LogP contribution in [0.25, 0.3) is 6.08 Å². The van der Waals surface area contributed by atoms with Crippen LogP contribution in [0.3, 0.4) is 0 Å². The van der Waals surface area contributed by atoms with Gasteiger partial charge in [0, 0.05) is 11.2 Å². The van der Waals surface area contributed by atoms with Gasteiger partial charge in [0.25, 0.3) is 5.56 Å².